The Hall–Kier alpha value is -3.26. The number of carbonyl (C=O) groups is 2. The largest absolute Gasteiger partial charge is 0.497 e. The zero-order valence-electron chi connectivity index (χ0n) is 18.3. The zero-order chi connectivity index (χ0) is 22.7. The second kappa shape index (κ2) is 9.48. The average Bonchev–Trinajstić information content (AvgIpc) is 3.43. The summed E-state index contributed by atoms with van der Waals surface area (Å²) in [7, 11) is 3.51. The molecule has 1 aliphatic rings. The molecule has 166 valence electrons. The number of nitrogens with zero attached hydrogens (tertiary/aromatic N) is 3. The van der Waals surface area contributed by atoms with Gasteiger partial charge in [0.15, 0.2) is 0 Å². The van der Waals surface area contributed by atoms with E-state index in [1.165, 1.54) is 0 Å². The minimum absolute atomic E-state index is 0.0416. The summed E-state index contributed by atoms with van der Waals surface area (Å²) in [5, 5.41) is 3.12. The zero-order valence-corrected chi connectivity index (χ0v) is 19.1. The van der Waals surface area contributed by atoms with Gasteiger partial charge in [-0.15, -0.1) is 11.8 Å². The molecule has 1 aromatic heterocycles. The van der Waals surface area contributed by atoms with Gasteiger partial charge >= 0.3 is 0 Å². The summed E-state index contributed by atoms with van der Waals surface area (Å²) < 4.78 is 7.14. The third-order valence-electron chi connectivity index (χ3n) is 5.73. The molecule has 2 aromatic carbocycles. The van der Waals surface area contributed by atoms with Crippen molar-refractivity contribution in [3.8, 4) is 5.75 Å². The highest BCUT2D eigenvalue weighted by molar-refractivity contribution is 7.98. The number of hydrogen-bond acceptors (Lipinski definition) is 5. The van der Waals surface area contributed by atoms with Crippen LogP contribution in [0.5, 0.6) is 5.75 Å². The molecule has 0 radical (unpaired) electrons. The van der Waals surface area contributed by atoms with Gasteiger partial charge in [-0.05, 0) is 48.2 Å². The fourth-order valence-electron chi connectivity index (χ4n) is 3.90. The Morgan fingerprint density at radius 2 is 1.91 bits per heavy atom. The van der Waals surface area contributed by atoms with E-state index in [2.05, 4.69) is 10.3 Å². The lowest BCUT2D eigenvalue weighted by Crippen LogP contribution is -2.37. The highest BCUT2D eigenvalue weighted by Crippen LogP contribution is 2.29. The van der Waals surface area contributed by atoms with Crippen LogP contribution in [0.1, 0.15) is 23.9 Å². The predicted octanol–water partition coefficient (Wildman–Crippen LogP) is 3.41. The number of imidazole rings is 1. The van der Waals surface area contributed by atoms with Crippen molar-refractivity contribution in [3.05, 3.63) is 72.3 Å². The van der Waals surface area contributed by atoms with Crippen LogP contribution in [-0.2, 0) is 16.6 Å². The lowest BCUT2D eigenvalue weighted by Gasteiger charge is -2.22. The van der Waals surface area contributed by atoms with Gasteiger partial charge in [-0.2, -0.15) is 0 Å². The Morgan fingerprint density at radius 3 is 2.50 bits per heavy atom. The Morgan fingerprint density at radius 1 is 1.19 bits per heavy atom. The van der Waals surface area contributed by atoms with Crippen LogP contribution in [-0.4, -0.2) is 41.3 Å². The van der Waals surface area contributed by atoms with Gasteiger partial charge in [0.1, 0.15) is 17.6 Å². The maximum Gasteiger partial charge on any atom is 0.227 e. The lowest BCUT2D eigenvalue weighted by atomic mass is 10.0. The SMILES string of the molecule is COc1ccc(C(NC(=O)C2CC(=O)N(c3ccc(SC)cc3)C2)c2nccn2C)cc1. The Labute approximate surface area is 191 Å². The van der Waals surface area contributed by atoms with E-state index < -0.39 is 12.0 Å². The quantitative estimate of drug-likeness (QED) is 0.559. The van der Waals surface area contributed by atoms with Crippen LogP contribution in [0.15, 0.2) is 65.8 Å². The molecular weight excluding hydrogens is 424 g/mol. The topological polar surface area (TPSA) is 76.5 Å². The van der Waals surface area contributed by atoms with E-state index in [4.69, 9.17) is 4.74 Å². The second-order valence-corrected chi connectivity index (χ2v) is 8.59. The summed E-state index contributed by atoms with van der Waals surface area (Å²) in [6.07, 6.45) is 5.75. The summed E-state index contributed by atoms with van der Waals surface area (Å²) in [5.41, 5.74) is 1.71. The fraction of sp³-hybridized carbons (Fsp3) is 0.292. The average molecular weight is 451 g/mol. The van der Waals surface area contributed by atoms with E-state index in [0.717, 1.165) is 27.7 Å². The smallest absolute Gasteiger partial charge is 0.227 e. The summed E-state index contributed by atoms with van der Waals surface area (Å²) in [6, 6.07) is 14.9. The molecule has 2 atom stereocenters. The number of benzene rings is 2. The van der Waals surface area contributed by atoms with Gasteiger partial charge in [0.2, 0.25) is 11.8 Å². The number of amides is 2. The molecule has 1 aliphatic heterocycles. The molecule has 2 amide bonds. The van der Waals surface area contributed by atoms with Gasteiger partial charge in [-0.3, -0.25) is 9.59 Å². The molecule has 0 spiro atoms. The van der Waals surface area contributed by atoms with E-state index in [9.17, 15) is 9.59 Å². The first-order valence-electron chi connectivity index (χ1n) is 10.4. The fourth-order valence-corrected chi connectivity index (χ4v) is 4.31. The number of hydrogen-bond donors (Lipinski definition) is 1. The first kappa shape index (κ1) is 22.0. The van der Waals surface area contributed by atoms with Gasteiger partial charge in [-0.1, -0.05) is 12.1 Å². The number of rotatable bonds is 7. The molecule has 1 saturated heterocycles. The minimum atomic E-state index is -0.432. The first-order valence-corrected chi connectivity index (χ1v) is 11.6. The van der Waals surface area contributed by atoms with Crippen molar-refractivity contribution in [2.45, 2.75) is 17.4 Å². The molecule has 2 heterocycles. The highest BCUT2D eigenvalue weighted by Gasteiger charge is 2.36. The normalized spacial score (nSPS) is 16.8. The number of aromatic nitrogens is 2. The van der Waals surface area contributed by atoms with Crippen LogP contribution in [0.4, 0.5) is 5.69 Å². The molecule has 0 saturated carbocycles. The molecule has 1 N–H and O–H groups in total. The summed E-state index contributed by atoms with van der Waals surface area (Å²) in [5.74, 6) is 0.828. The van der Waals surface area contributed by atoms with Gasteiger partial charge in [0, 0.05) is 43.0 Å². The van der Waals surface area contributed by atoms with Crippen LogP contribution < -0.4 is 15.0 Å². The molecule has 4 rings (SSSR count). The van der Waals surface area contributed by atoms with Crippen molar-refractivity contribution >= 4 is 29.3 Å². The maximum absolute atomic E-state index is 13.2. The van der Waals surface area contributed by atoms with Crippen LogP contribution in [0, 0.1) is 5.92 Å². The Bertz CT molecular complexity index is 1100. The second-order valence-electron chi connectivity index (χ2n) is 7.71. The molecule has 0 aliphatic carbocycles. The van der Waals surface area contributed by atoms with Crippen LogP contribution >= 0.6 is 11.8 Å². The molecule has 7 nitrogen and oxygen atoms in total. The molecule has 8 heteroatoms. The molecule has 3 aromatic rings. The molecule has 1 fully saturated rings. The number of nitrogens with one attached hydrogen (secondary N) is 1. The number of methoxy groups -OCH3 is 1. The minimum Gasteiger partial charge on any atom is -0.497 e. The summed E-state index contributed by atoms with van der Waals surface area (Å²) >= 11 is 1.65. The number of carbonyl (C=O) groups excluding carboxylic acids is 2. The number of aryl methyl sites for hydroxylation is 1. The van der Waals surface area contributed by atoms with Crippen molar-refractivity contribution in [3.63, 3.8) is 0 Å². The predicted molar refractivity (Wildman–Crippen MR) is 125 cm³/mol. The van der Waals surface area contributed by atoms with E-state index in [-0.39, 0.29) is 18.2 Å². The van der Waals surface area contributed by atoms with Crippen molar-refractivity contribution in [2.24, 2.45) is 13.0 Å². The summed E-state index contributed by atoms with van der Waals surface area (Å²) in [6.45, 7) is 0.360. The first-order chi connectivity index (χ1) is 15.5. The number of anilines is 1. The van der Waals surface area contributed by atoms with E-state index >= 15 is 0 Å². The van der Waals surface area contributed by atoms with Crippen molar-refractivity contribution in [2.75, 3.05) is 24.8 Å². The number of thioether (sulfide) groups is 1. The molecule has 2 unspecified atom stereocenters. The standard InChI is InChI=1S/C24H26N4O3S/c1-27-13-12-25-23(27)22(16-4-8-19(31-2)9-5-16)26-24(30)17-14-21(29)28(15-17)18-6-10-20(32-3)11-7-18/h4-13,17,22H,14-15H2,1-3H3,(H,26,30). The molecule has 0 bridgehead atoms. The van der Waals surface area contributed by atoms with Gasteiger partial charge < -0.3 is 19.5 Å². The van der Waals surface area contributed by atoms with Crippen molar-refractivity contribution in [1.82, 2.24) is 14.9 Å². The lowest BCUT2D eigenvalue weighted by molar-refractivity contribution is -0.126. The van der Waals surface area contributed by atoms with Crippen LogP contribution in [0.2, 0.25) is 0 Å². The molecular formula is C24H26N4O3S. The van der Waals surface area contributed by atoms with Gasteiger partial charge in [0.25, 0.3) is 0 Å². The Balaban J connectivity index is 1.53. The van der Waals surface area contributed by atoms with E-state index in [1.54, 1.807) is 30.0 Å². The van der Waals surface area contributed by atoms with Crippen molar-refractivity contribution in [1.29, 1.82) is 0 Å². The highest BCUT2D eigenvalue weighted by atomic mass is 32.2. The Kier molecular flexibility index (Phi) is 6.50. The van der Waals surface area contributed by atoms with Gasteiger partial charge in [-0.25, -0.2) is 4.98 Å². The summed E-state index contributed by atoms with van der Waals surface area (Å²) in [4.78, 5) is 33.2. The third-order valence-corrected chi connectivity index (χ3v) is 6.48. The maximum atomic E-state index is 13.2. The van der Waals surface area contributed by atoms with E-state index in [1.807, 2.05) is 72.6 Å². The third kappa shape index (κ3) is 4.50. The van der Waals surface area contributed by atoms with Crippen LogP contribution in [0.3, 0.4) is 0 Å². The number of ether oxygens (including phenoxy) is 1. The van der Waals surface area contributed by atoms with E-state index in [0.29, 0.717) is 6.54 Å². The van der Waals surface area contributed by atoms with Gasteiger partial charge in [0.05, 0.1) is 13.0 Å². The monoisotopic (exact) mass is 450 g/mol. The van der Waals surface area contributed by atoms with Crippen molar-refractivity contribution < 1.29 is 14.3 Å². The van der Waals surface area contributed by atoms with Crippen LogP contribution in [0.25, 0.3) is 0 Å². The molecule has 32 heavy (non-hydrogen) atoms.